The standard InChI is InChI=1S/C24H32N2O3/c1-18(16-19-8-4-3-5-9-19)25-17-20-10-6-7-11-23(20)29-24(27)26-21-12-14-22(28-2)15-13-21/h6-7,10-15,18-19,25H,3-5,8-9,16-17H2,1-2H3,(H,26,27)/t18-/m0/s1. The molecule has 2 N–H and O–H groups in total. The molecule has 156 valence electrons. The number of nitrogens with one attached hydrogen (secondary N) is 2. The van der Waals surface area contributed by atoms with Crippen molar-refractivity contribution in [2.24, 2.45) is 5.92 Å². The Morgan fingerprint density at radius 2 is 1.79 bits per heavy atom. The van der Waals surface area contributed by atoms with Gasteiger partial charge in [0, 0.05) is 23.8 Å². The average Bonchev–Trinajstić information content (AvgIpc) is 2.74. The second-order valence-electron chi connectivity index (χ2n) is 7.87. The number of amides is 1. The number of carbonyl (C=O) groups excluding carboxylic acids is 1. The molecule has 1 aliphatic carbocycles. The first-order valence-electron chi connectivity index (χ1n) is 10.6. The quantitative estimate of drug-likeness (QED) is 0.596. The van der Waals surface area contributed by atoms with E-state index in [1.54, 1.807) is 31.4 Å². The lowest BCUT2D eigenvalue weighted by atomic mass is 9.85. The lowest BCUT2D eigenvalue weighted by Gasteiger charge is -2.25. The van der Waals surface area contributed by atoms with Crippen LogP contribution in [0.15, 0.2) is 48.5 Å². The molecule has 1 saturated carbocycles. The van der Waals surface area contributed by atoms with Crippen molar-refractivity contribution in [2.75, 3.05) is 12.4 Å². The van der Waals surface area contributed by atoms with E-state index in [4.69, 9.17) is 9.47 Å². The molecule has 0 heterocycles. The zero-order valence-electron chi connectivity index (χ0n) is 17.4. The van der Waals surface area contributed by atoms with Crippen molar-refractivity contribution >= 4 is 11.8 Å². The summed E-state index contributed by atoms with van der Waals surface area (Å²) in [5, 5.41) is 6.35. The van der Waals surface area contributed by atoms with Gasteiger partial charge in [0.2, 0.25) is 0 Å². The summed E-state index contributed by atoms with van der Waals surface area (Å²) in [4.78, 5) is 12.3. The zero-order chi connectivity index (χ0) is 20.5. The molecule has 0 unspecified atom stereocenters. The van der Waals surface area contributed by atoms with E-state index in [9.17, 15) is 4.79 Å². The molecular weight excluding hydrogens is 364 g/mol. The molecule has 1 atom stereocenters. The molecule has 1 aliphatic rings. The van der Waals surface area contributed by atoms with E-state index < -0.39 is 6.09 Å². The third-order valence-corrected chi connectivity index (χ3v) is 5.56. The third kappa shape index (κ3) is 6.79. The minimum atomic E-state index is -0.502. The van der Waals surface area contributed by atoms with E-state index in [1.807, 2.05) is 24.3 Å². The van der Waals surface area contributed by atoms with Crippen molar-refractivity contribution in [2.45, 2.75) is 58.0 Å². The van der Waals surface area contributed by atoms with E-state index in [1.165, 1.54) is 38.5 Å². The van der Waals surface area contributed by atoms with E-state index in [0.29, 0.717) is 24.0 Å². The zero-order valence-corrected chi connectivity index (χ0v) is 17.4. The van der Waals surface area contributed by atoms with E-state index in [-0.39, 0.29) is 0 Å². The van der Waals surface area contributed by atoms with Crippen LogP contribution in [0.1, 0.15) is 51.0 Å². The van der Waals surface area contributed by atoms with Crippen LogP contribution in [0.4, 0.5) is 10.5 Å². The van der Waals surface area contributed by atoms with Crippen molar-refractivity contribution in [3.63, 3.8) is 0 Å². The van der Waals surface area contributed by atoms with Gasteiger partial charge < -0.3 is 14.8 Å². The molecule has 0 radical (unpaired) electrons. The van der Waals surface area contributed by atoms with E-state index in [2.05, 4.69) is 17.6 Å². The molecule has 2 aromatic carbocycles. The maximum Gasteiger partial charge on any atom is 0.417 e. The third-order valence-electron chi connectivity index (χ3n) is 5.56. The Bertz CT molecular complexity index is 770. The van der Waals surface area contributed by atoms with Crippen molar-refractivity contribution in [1.82, 2.24) is 5.32 Å². The highest BCUT2D eigenvalue weighted by molar-refractivity contribution is 5.86. The number of benzene rings is 2. The lowest BCUT2D eigenvalue weighted by Crippen LogP contribution is -2.29. The molecule has 0 saturated heterocycles. The minimum Gasteiger partial charge on any atom is -0.497 e. The van der Waals surface area contributed by atoms with Gasteiger partial charge in [-0.25, -0.2) is 4.79 Å². The number of ether oxygens (including phenoxy) is 2. The summed E-state index contributed by atoms with van der Waals surface area (Å²) in [5.74, 6) is 2.16. The molecule has 0 aromatic heterocycles. The van der Waals surface area contributed by atoms with Gasteiger partial charge in [-0.2, -0.15) is 0 Å². The van der Waals surface area contributed by atoms with Gasteiger partial charge in [0.05, 0.1) is 7.11 Å². The number of anilines is 1. The van der Waals surface area contributed by atoms with Gasteiger partial charge in [0.15, 0.2) is 0 Å². The maximum absolute atomic E-state index is 12.3. The Kier molecular flexibility index (Phi) is 7.94. The Morgan fingerprint density at radius 1 is 1.07 bits per heavy atom. The van der Waals surface area contributed by atoms with Crippen LogP contribution in [-0.2, 0) is 6.54 Å². The highest BCUT2D eigenvalue weighted by atomic mass is 16.6. The monoisotopic (exact) mass is 396 g/mol. The molecule has 0 bridgehead atoms. The second-order valence-corrected chi connectivity index (χ2v) is 7.87. The fourth-order valence-corrected chi connectivity index (χ4v) is 3.96. The minimum absolute atomic E-state index is 0.444. The largest absolute Gasteiger partial charge is 0.497 e. The molecule has 5 nitrogen and oxygen atoms in total. The van der Waals surface area contributed by atoms with Crippen LogP contribution in [0.2, 0.25) is 0 Å². The first-order chi connectivity index (χ1) is 14.1. The number of hydrogen-bond acceptors (Lipinski definition) is 4. The predicted molar refractivity (Wildman–Crippen MR) is 117 cm³/mol. The van der Waals surface area contributed by atoms with Crippen molar-refractivity contribution in [3.8, 4) is 11.5 Å². The van der Waals surface area contributed by atoms with Gasteiger partial charge in [-0.1, -0.05) is 50.3 Å². The second kappa shape index (κ2) is 10.9. The first kappa shape index (κ1) is 21.2. The Hall–Kier alpha value is -2.53. The van der Waals surface area contributed by atoms with Gasteiger partial charge >= 0.3 is 6.09 Å². The summed E-state index contributed by atoms with van der Waals surface area (Å²) in [7, 11) is 1.61. The van der Waals surface area contributed by atoms with Gasteiger partial charge in [0.1, 0.15) is 11.5 Å². The molecule has 0 spiro atoms. The predicted octanol–water partition coefficient (Wildman–Crippen LogP) is 5.75. The molecule has 1 amide bonds. The number of carbonyl (C=O) groups is 1. The molecule has 2 aromatic rings. The normalized spacial score (nSPS) is 15.5. The lowest BCUT2D eigenvalue weighted by molar-refractivity contribution is 0.214. The van der Waals surface area contributed by atoms with Crippen LogP contribution in [-0.4, -0.2) is 19.2 Å². The fraction of sp³-hybridized carbons (Fsp3) is 0.458. The molecule has 1 fully saturated rings. The highest BCUT2D eigenvalue weighted by Gasteiger charge is 2.17. The first-order valence-corrected chi connectivity index (χ1v) is 10.6. The van der Waals surface area contributed by atoms with Gasteiger partial charge in [-0.3, -0.25) is 5.32 Å². The summed E-state index contributed by atoms with van der Waals surface area (Å²) >= 11 is 0. The van der Waals surface area contributed by atoms with Gasteiger partial charge in [-0.05, 0) is 49.6 Å². The number of hydrogen-bond donors (Lipinski definition) is 2. The van der Waals surface area contributed by atoms with Crippen molar-refractivity contribution < 1.29 is 14.3 Å². The molecule has 3 rings (SSSR count). The smallest absolute Gasteiger partial charge is 0.417 e. The summed E-state index contributed by atoms with van der Waals surface area (Å²) in [6.45, 7) is 2.92. The Balaban J connectivity index is 1.51. The van der Waals surface area contributed by atoms with Crippen molar-refractivity contribution in [3.05, 3.63) is 54.1 Å². The average molecular weight is 397 g/mol. The van der Waals surface area contributed by atoms with Crippen LogP contribution in [0, 0.1) is 5.92 Å². The Morgan fingerprint density at radius 3 is 2.52 bits per heavy atom. The summed E-state index contributed by atoms with van der Waals surface area (Å²) < 4.78 is 10.7. The van der Waals surface area contributed by atoms with Crippen molar-refractivity contribution in [1.29, 1.82) is 0 Å². The highest BCUT2D eigenvalue weighted by Crippen LogP contribution is 2.27. The van der Waals surface area contributed by atoms with Gasteiger partial charge in [-0.15, -0.1) is 0 Å². The fourth-order valence-electron chi connectivity index (χ4n) is 3.96. The summed E-state index contributed by atoms with van der Waals surface area (Å²) in [5.41, 5.74) is 1.64. The van der Waals surface area contributed by atoms with Gasteiger partial charge in [0.25, 0.3) is 0 Å². The molecule has 5 heteroatoms. The molecular formula is C24H32N2O3. The molecule has 0 aliphatic heterocycles. The van der Waals surface area contributed by atoms with Crippen LogP contribution < -0.4 is 20.1 Å². The number of para-hydroxylation sites is 1. The van der Waals surface area contributed by atoms with E-state index in [0.717, 1.165) is 17.2 Å². The van der Waals surface area contributed by atoms with Crippen LogP contribution in [0.5, 0.6) is 11.5 Å². The Labute approximate surface area is 173 Å². The van der Waals surface area contributed by atoms with E-state index >= 15 is 0 Å². The summed E-state index contributed by atoms with van der Waals surface area (Å²) in [6.07, 6.45) is 7.56. The number of rotatable bonds is 8. The topological polar surface area (TPSA) is 59.6 Å². The van der Waals surface area contributed by atoms with Crippen LogP contribution >= 0.6 is 0 Å². The van der Waals surface area contributed by atoms with Crippen LogP contribution in [0.25, 0.3) is 0 Å². The SMILES string of the molecule is COc1ccc(NC(=O)Oc2ccccc2CN[C@@H](C)CC2CCCCC2)cc1. The number of methoxy groups -OCH3 is 1. The maximum atomic E-state index is 12.3. The van der Waals surface area contributed by atoms with Crippen LogP contribution in [0.3, 0.4) is 0 Å². The molecule has 29 heavy (non-hydrogen) atoms. The summed E-state index contributed by atoms with van der Waals surface area (Å²) in [6, 6.07) is 15.3.